The summed E-state index contributed by atoms with van der Waals surface area (Å²) in [5, 5.41) is 2.51. The highest BCUT2D eigenvalue weighted by Crippen LogP contribution is 2.13. The number of rotatable bonds is 20. The zero-order valence-corrected chi connectivity index (χ0v) is 18.3. The molecule has 0 radical (unpaired) electrons. The summed E-state index contributed by atoms with van der Waals surface area (Å²) in [6.45, 7) is 2.25. The molecule has 5 nitrogen and oxygen atoms in total. The van der Waals surface area contributed by atoms with Crippen molar-refractivity contribution in [2.45, 2.75) is 116 Å². The molecule has 0 fully saturated rings. The number of nitrogens with one attached hydrogen (secondary N) is 1. The molecule has 0 saturated carbocycles. The van der Waals surface area contributed by atoms with E-state index in [0.29, 0.717) is 6.42 Å². The first-order valence-corrected chi connectivity index (χ1v) is 12.8. The van der Waals surface area contributed by atoms with Crippen LogP contribution in [0.25, 0.3) is 0 Å². The van der Waals surface area contributed by atoms with Crippen LogP contribution in [0.5, 0.6) is 0 Å². The molecule has 0 unspecified atom stereocenters. The quantitative estimate of drug-likeness (QED) is 0.203. The van der Waals surface area contributed by atoms with Gasteiger partial charge in [-0.05, 0) is 6.42 Å². The van der Waals surface area contributed by atoms with Gasteiger partial charge in [-0.25, -0.2) is 0 Å². The van der Waals surface area contributed by atoms with Crippen LogP contribution in [0.1, 0.15) is 116 Å². The van der Waals surface area contributed by atoms with Gasteiger partial charge in [0.25, 0.3) is 10.1 Å². The van der Waals surface area contributed by atoms with Gasteiger partial charge in [0.2, 0.25) is 5.91 Å². The Morgan fingerprint density at radius 1 is 0.704 bits per heavy atom. The monoisotopic (exact) mass is 405 g/mol. The molecule has 0 rings (SSSR count). The van der Waals surface area contributed by atoms with E-state index in [-0.39, 0.29) is 12.5 Å². The smallest absolute Gasteiger partial charge is 0.266 e. The van der Waals surface area contributed by atoms with Gasteiger partial charge in [-0.1, -0.05) is 103 Å². The molecule has 0 aromatic heterocycles. The molecule has 162 valence electrons. The maximum Gasteiger partial charge on any atom is 0.266 e. The van der Waals surface area contributed by atoms with Crippen LogP contribution in [0.4, 0.5) is 0 Å². The fourth-order valence-electron chi connectivity index (χ4n) is 3.24. The first-order valence-electron chi connectivity index (χ1n) is 11.2. The fraction of sp³-hybridized carbons (Fsp3) is 0.952. The lowest BCUT2D eigenvalue weighted by Gasteiger charge is -2.05. The van der Waals surface area contributed by atoms with Gasteiger partial charge < -0.3 is 5.32 Å². The van der Waals surface area contributed by atoms with E-state index >= 15 is 0 Å². The van der Waals surface area contributed by atoms with Crippen molar-refractivity contribution in [1.29, 1.82) is 0 Å². The van der Waals surface area contributed by atoms with E-state index in [1.165, 1.54) is 83.5 Å². The van der Waals surface area contributed by atoms with E-state index in [9.17, 15) is 13.2 Å². The Hall–Kier alpha value is -0.620. The minimum Gasteiger partial charge on any atom is -0.355 e. The summed E-state index contributed by atoms with van der Waals surface area (Å²) in [7, 11) is -3.99. The first kappa shape index (κ1) is 26.4. The van der Waals surface area contributed by atoms with Crippen molar-refractivity contribution in [2.75, 3.05) is 12.3 Å². The molecular formula is C21H43NO4S. The molecule has 27 heavy (non-hydrogen) atoms. The lowest BCUT2D eigenvalue weighted by Crippen LogP contribution is -2.28. The molecule has 0 heterocycles. The van der Waals surface area contributed by atoms with Crippen molar-refractivity contribution in [3.05, 3.63) is 0 Å². The number of hydrogen-bond acceptors (Lipinski definition) is 3. The zero-order valence-electron chi connectivity index (χ0n) is 17.5. The topological polar surface area (TPSA) is 83.5 Å². The second-order valence-corrected chi connectivity index (χ2v) is 9.26. The van der Waals surface area contributed by atoms with Gasteiger partial charge in [0.1, 0.15) is 0 Å². The summed E-state index contributed by atoms with van der Waals surface area (Å²) >= 11 is 0. The van der Waals surface area contributed by atoms with Crippen molar-refractivity contribution >= 4 is 16.0 Å². The van der Waals surface area contributed by atoms with Gasteiger partial charge in [-0.3, -0.25) is 9.35 Å². The molecule has 0 atom stereocenters. The average Bonchev–Trinajstić information content (AvgIpc) is 2.60. The summed E-state index contributed by atoms with van der Waals surface area (Å²) in [5.41, 5.74) is 0. The van der Waals surface area contributed by atoms with E-state index in [4.69, 9.17) is 4.55 Å². The predicted molar refractivity (Wildman–Crippen MR) is 114 cm³/mol. The van der Waals surface area contributed by atoms with Crippen molar-refractivity contribution in [1.82, 2.24) is 5.32 Å². The normalized spacial score (nSPS) is 11.6. The molecular weight excluding hydrogens is 362 g/mol. The molecule has 0 aliphatic carbocycles. The minimum absolute atomic E-state index is 0.0173. The number of amides is 1. The largest absolute Gasteiger partial charge is 0.355 e. The van der Waals surface area contributed by atoms with Crippen LogP contribution in [0.2, 0.25) is 0 Å². The molecule has 0 aliphatic heterocycles. The lowest BCUT2D eigenvalue weighted by atomic mass is 10.0. The average molecular weight is 406 g/mol. The van der Waals surface area contributed by atoms with Gasteiger partial charge >= 0.3 is 0 Å². The maximum atomic E-state index is 11.5. The second kappa shape index (κ2) is 18.7. The molecule has 1 amide bonds. The van der Waals surface area contributed by atoms with Crippen LogP contribution in [-0.4, -0.2) is 31.2 Å². The first-order chi connectivity index (χ1) is 13.0. The number of hydrogen-bond donors (Lipinski definition) is 2. The summed E-state index contributed by atoms with van der Waals surface area (Å²) in [6.07, 6.45) is 21.2. The van der Waals surface area contributed by atoms with Crippen LogP contribution >= 0.6 is 0 Å². The van der Waals surface area contributed by atoms with Crippen molar-refractivity contribution < 1.29 is 17.8 Å². The van der Waals surface area contributed by atoms with Gasteiger partial charge in [0.05, 0.1) is 5.75 Å². The summed E-state index contributed by atoms with van der Waals surface area (Å²) in [4.78, 5) is 11.5. The third kappa shape index (κ3) is 23.3. The Balaban J connectivity index is 3.17. The van der Waals surface area contributed by atoms with E-state index in [2.05, 4.69) is 12.2 Å². The molecule has 0 bridgehead atoms. The molecule has 0 aromatic rings. The summed E-state index contributed by atoms with van der Waals surface area (Å²) < 4.78 is 29.6. The van der Waals surface area contributed by atoms with E-state index in [1.54, 1.807) is 0 Å². The highest BCUT2D eigenvalue weighted by Gasteiger charge is 2.06. The van der Waals surface area contributed by atoms with E-state index < -0.39 is 15.9 Å². The Morgan fingerprint density at radius 2 is 1.07 bits per heavy atom. The van der Waals surface area contributed by atoms with E-state index in [0.717, 1.165) is 19.3 Å². The Bertz CT molecular complexity index is 437. The Kier molecular flexibility index (Phi) is 18.3. The van der Waals surface area contributed by atoms with E-state index in [1.807, 2.05) is 0 Å². The van der Waals surface area contributed by atoms with Crippen molar-refractivity contribution in [3.63, 3.8) is 0 Å². The van der Waals surface area contributed by atoms with Crippen molar-refractivity contribution in [3.8, 4) is 0 Å². The van der Waals surface area contributed by atoms with Crippen LogP contribution in [0.15, 0.2) is 0 Å². The molecule has 0 aromatic carbocycles. The molecule has 6 heteroatoms. The van der Waals surface area contributed by atoms with Crippen LogP contribution in [0, 0.1) is 0 Å². The number of carbonyl (C=O) groups is 1. The number of carbonyl (C=O) groups excluding carboxylic acids is 1. The molecule has 2 N–H and O–H groups in total. The van der Waals surface area contributed by atoms with Crippen LogP contribution < -0.4 is 5.32 Å². The standard InChI is InChI=1S/C21H43NO4S/c1-2-3-4-5-6-7-8-9-10-11-12-13-14-15-16-17-18-21(23)22-19-20-27(24,25)26/h2-20H2,1H3,(H,22,23)(H,24,25,26). The Morgan fingerprint density at radius 3 is 1.44 bits per heavy atom. The predicted octanol–water partition coefficient (Wildman–Crippen LogP) is 5.64. The fourth-order valence-corrected chi connectivity index (χ4v) is 3.60. The van der Waals surface area contributed by atoms with Gasteiger partial charge in [0, 0.05) is 13.0 Å². The molecule has 0 spiro atoms. The number of unbranched alkanes of at least 4 members (excludes halogenated alkanes) is 15. The lowest BCUT2D eigenvalue weighted by molar-refractivity contribution is -0.121. The van der Waals surface area contributed by atoms with Gasteiger partial charge in [-0.15, -0.1) is 0 Å². The highest BCUT2D eigenvalue weighted by atomic mass is 32.2. The van der Waals surface area contributed by atoms with Gasteiger partial charge in [-0.2, -0.15) is 8.42 Å². The van der Waals surface area contributed by atoms with Crippen molar-refractivity contribution in [2.24, 2.45) is 0 Å². The third-order valence-electron chi connectivity index (χ3n) is 4.94. The van der Waals surface area contributed by atoms with Crippen LogP contribution in [-0.2, 0) is 14.9 Å². The molecule has 0 saturated heterocycles. The second-order valence-electron chi connectivity index (χ2n) is 7.69. The summed E-state index contributed by atoms with van der Waals surface area (Å²) in [5.74, 6) is -0.554. The third-order valence-corrected chi connectivity index (χ3v) is 5.66. The van der Waals surface area contributed by atoms with Gasteiger partial charge in [0.15, 0.2) is 0 Å². The Labute approximate surface area is 167 Å². The van der Waals surface area contributed by atoms with Crippen LogP contribution in [0.3, 0.4) is 0 Å². The summed E-state index contributed by atoms with van der Waals surface area (Å²) in [6, 6.07) is 0. The SMILES string of the molecule is CCCCCCCCCCCCCCCCCCC(=O)NCCS(=O)(=O)O. The highest BCUT2D eigenvalue weighted by molar-refractivity contribution is 7.85. The minimum atomic E-state index is -3.99. The zero-order chi connectivity index (χ0) is 20.2. The molecule has 0 aliphatic rings. The maximum absolute atomic E-state index is 11.5.